The van der Waals surface area contributed by atoms with Gasteiger partial charge in [-0.25, -0.2) is 10.2 Å². The van der Waals surface area contributed by atoms with Gasteiger partial charge in [-0.15, -0.1) is 11.8 Å². The second-order valence-electron chi connectivity index (χ2n) is 10.0. The molecule has 0 radical (unpaired) electrons. The monoisotopic (exact) mass is 470 g/mol. The molecule has 0 spiro atoms. The van der Waals surface area contributed by atoms with E-state index in [0.717, 1.165) is 23.6 Å². The fourth-order valence-corrected chi connectivity index (χ4v) is 4.70. The maximum Gasteiger partial charge on any atom is 0.410 e. The van der Waals surface area contributed by atoms with Crippen molar-refractivity contribution in [3.05, 3.63) is 11.9 Å². The fraction of sp³-hybridized carbons (Fsp3) is 0.826. The second-order valence-corrected chi connectivity index (χ2v) is 10.8. The topological polar surface area (TPSA) is 90.0 Å². The van der Waals surface area contributed by atoms with Gasteiger partial charge in [-0.1, -0.05) is 20.8 Å². The van der Waals surface area contributed by atoms with Crippen LogP contribution in [-0.4, -0.2) is 60.1 Å². The molecule has 1 fully saturated rings. The number of carbonyl (C=O) groups is 1. The van der Waals surface area contributed by atoms with Crippen LogP contribution in [0.4, 0.5) is 4.79 Å². The van der Waals surface area contributed by atoms with Gasteiger partial charge in [0, 0.05) is 49.5 Å². The quantitative estimate of drug-likeness (QED) is 0.231. The molecule has 8 nitrogen and oxygen atoms in total. The van der Waals surface area contributed by atoms with Crippen molar-refractivity contribution < 1.29 is 9.53 Å². The van der Waals surface area contributed by atoms with Gasteiger partial charge in [0.1, 0.15) is 10.6 Å². The van der Waals surface area contributed by atoms with Crippen molar-refractivity contribution in [2.45, 2.75) is 85.9 Å². The summed E-state index contributed by atoms with van der Waals surface area (Å²) in [7, 11) is 1.84. The number of nitrogens with zero attached hydrogens (tertiary/aromatic N) is 2. The Hall–Kier alpha value is -1.61. The average molecular weight is 471 g/mol. The number of amides is 1. The Labute approximate surface area is 199 Å². The molecule has 186 valence electrons. The Kier molecular flexibility index (Phi) is 11.2. The molecule has 2 atom stereocenters. The van der Waals surface area contributed by atoms with Gasteiger partial charge in [0.05, 0.1) is 0 Å². The lowest BCUT2D eigenvalue weighted by atomic mass is 9.74. The van der Waals surface area contributed by atoms with Crippen molar-refractivity contribution in [3.63, 3.8) is 0 Å². The number of hydrogen-bond donors (Lipinski definition) is 4. The molecule has 1 rings (SSSR count). The average Bonchev–Trinajstić information content (AvgIpc) is 2.71. The number of carbonyl (C=O) groups excluding carboxylic acids is 1. The molecule has 1 aliphatic rings. The van der Waals surface area contributed by atoms with E-state index >= 15 is 0 Å². The van der Waals surface area contributed by atoms with Crippen LogP contribution in [0.25, 0.3) is 0 Å². The lowest BCUT2D eigenvalue weighted by molar-refractivity contribution is 0.0198. The van der Waals surface area contributed by atoms with Gasteiger partial charge in [-0.3, -0.25) is 0 Å². The maximum atomic E-state index is 12.3. The number of rotatable bonds is 9. The highest BCUT2D eigenvalue weighted by Crippen LogP contribution is 2.37. The van der Waals surface area contributed by atoms with Gasteiger partial charge < -0.3 is 25.8 Å². The zero-order valence-corrected chi connectivity index (χ0v) is 22.6. The number of thioether (sulfide) groups is 1. The molecule has 0 saturated carbocycles. The Balaban J connectivity index is 2.81. The summed E-state index contributed by atoms with van der Waals surface area (Å²) in [6, 6.07) is 0.427. The third-order valence-corrected chi connectivity index (χ3v) is 7.04. The van der Waals surface area contributed by atoms with Crippen molar-refractivity contribution >= 4 is 22.9 Å². The van der Waals surface area contributed by atoms with Gasteiger partial charge in [0.25, 0.3) is 0 Å². The summed E-state index contributed by atoms with van der Waals surface area (Å²) in [5.74, 6) is 0.386. The summed E-state index contributed by atoms with van der Waals surface area (Å²) in [6.07, 6.45) is 5.49. The number of piperidine rings is 1. The Bertz CT molecular complexity index is 653. The zero-order chi connectivity index (χ0) is 24.5. The van der Waals surface area contributed by atoms with Crippen LogP contribution in [0, 0.1) is 11.3 Å². The first-order chi connectivity index (χ1) is 14.8. The van der Waals surface area contributed by atoms with Crippen LogP contribution >= 0.6 is 11.8 Å². The fourth-order valence-electron chi connectivity index (χ4n) is 3.70. The second kappa shape index (κ2) is 12.6. The van der Waals surface area contributed by atoms with E-state index in [1.165, 1.54) is 0 Å². The smallest absolute Gasteiger partial charge is 0.410 e. The summed E-state index contributed by atoms with van der Waals surface area (Å²) < 4.78 is 5.50. The standard InChI is InChI=1S/C23H46N6O2S/c1-16(2)23(8,18(4)26-17(3)15-25-24-9)20(32-10)28-27-19-11-13-29(14-12-19)21(30)31-22(5,6)7/h15-16,18-19,24-27H,11-14H2,1-10H3/b17-15-,28-20+. The largest absolute Gasteiger partial charge is 0.444 e. The van der Waals surface area contributed by atoms with Crippen molar-refractivity contribution in [2.24, 2.45) is 16.4 Å². The molecule has 0 aliphatic carbocycles. The van der Waals surface area contributed by atoms with Gasteiger partial charge in [-0.2, -0.15) is 5.10 Å². The normalized spacial score (nSPS) is 19.4. The number of hydrazine groups is 1. The van der Waals surface area contributed by atoms with E-state index in [2.05, 4.69) is 55.5 Å². The third kappa shape index (κ3) is 8.39. The molecular formula is C23H46N6O2S. The van der Waals surface area contributed by atoms with E-state index in [9.17, 15) is 4.79 Å². The first-order valence-electron chi connectivity index (χ1n) is 11.6. The number of nitrogens with one attached hydrogen (secondary N) is 4. The predicted molar refractivity (Wildman–Crippen MR) is 136 cm³/mol. The van der Waals surface area contributed by atoms with E-state index in [1.807, 2.05) is 40.9 Å². The molecule has 1 heterocycles. The van der Waals surface area contributed by atoms with Crippen molar-refractivity contribution in [2.75, 3.05) is 26.4 Å². The lowest BCUT2D eigenvalue weighted by Gasteiger charge is -2.41. The van der Waals surface area contributed by atoms with Gasteiger partial charge in [-0.05, 0) is 59.6 Å². The Morgan fingerprint density at radius 2 is 1.78 bits per heavy atom. The van der Waals surface area contributed by atoms with Crippen LogP contribution in [0.15, 0.2) is 17.0 Å². The molecule has 1 aliphatic heterocycles. The van der Waals surface area contributed by atoms with E-state index < -0.39 is 5.60 Å². The molecule has 0 aromatic rings. The SMILES string of the molecule is CNN/C=C(/C)NC(C)C(C)(/C(=N\NC1CCN(C(=O)OC(C)(C)C)CC1)SC)C(C)C. The van der Waals surface area contributed by atoms with Crippen molar-refractivity contribution in [3.8, 4) is 0 Å². The zero-order valence-electron chi connectivity index (χ0n) is 21.8. The molecule has 9 heteroatoms. The highest BCUT2D eigenvalue weighted by atomic mass is 32.2. The summed E-state index contributed by atoms with van der Waals surface area (Å²) in [5.41, 5.74) is 9.76. The summed E-state index contributed by atoms with van der Waals surface area (Å²) in [5, 5.41) is 9.57. The van der Waals surface area contributed by atoms with E-state index in [0.29, 0.717) is 19.0 Å². The summed E-state index contributed by atoms with van der Waals surface area (Å²) in [4.78, 5) is 14.1. The van der Waals surface area contributed by atoms with Gasteiger partial charge >= 0.3 is 6.09 Å². The number of likely N-dealkylation sites (tertiary alicyclic amines) is 1. The Morgan fingerprint density at radius 1 is 1.19 bits per heavy atom. The van der Waals surface area contributed by atoms with Crippen LogP contribution in [0.2, 0.25) is 0 Å². The minimum atomic E-state index is -0.466. The number of allylic oxidation sites excluding steroid dienone is 1. The number of hydrogen-bond acceptors (Lipinski definition) is 8. The van der Waals surface area contributed by atoms with Crippen molar-refractivity contribution in [1.29, 1.82) is 0 Å². The molecule has 0 aromatic carbocycles. The minimum Gasteiger partial charge on any atom is -0.444 e. The van der Waals surface area contributed by atoms with Crippen LogP contribution in [0.3, 0.4) is 0 Å². The highest BCUT2D eigenvalue weighted by Gasteiger charge is 2.40. The third-order valence-electron chi connectivity index (χ3n) is 6.13. The molecule has 1 amide bonds. The number of ether oxygens (including phenoxy) is 1. The first kappa shape index (κ1) is 28.4. The highest BCUT2D eigenvalue weighted by molar-refractivity contribution is 8.13. The van der Waals surface area contributed by atoms with Gasteiger partial charge in [0.15, 0.2) is 0 Å². The number of hydrazone groups is 1. The summed E-state index contributed by atoms with van der Waals surface area (Å²) >= 11 is 1.69. The molecule has 0 bridgehead atoms. The van der Waals surface area contributed by atoms with Gasteiger partial charge in [0.2, 0.25) is 0 Å². The lowest BCUT2D eigenvalue weighted by Crippen LogP contribution is -2.50. The van der Waals surface area contributed by atoms with Crippen LogP contribution < -0.4 is 21.6 Å². The van der Waals surface area contributed by atoms with Crippen LogP contribution in [0.1, 0.15) is 68.2 Å². The molecule has 0 aromatic heterocycles. The molecule has 2 unspecified atom stereocenters. The van der Waals surface area contributed by atoms with E-state index in [4.69, 9.17) is 9.84 Å². The summed E-state index contributed by atoms with van der Waals surface area (Å²) in [6.45, 7) is 18.1. The minimum absolute atomic E-state index is 0.154. The first-order valence-corrected chi connectivity index (χ1v) is 12.8. The molecule has 1 saturated heterocycles. The van der Waals surface area contributed by atoms with E-state index in [1.54, 1.807) is 16.7 Å². The molecule has 4 N–H and O–H groups in total. The maximum absolute atomic E-state index is 12.3. The van der Waals surface area contributed by atoms with Crippen molar-refractivity contribution in [1.82, 2.24) is 26.5 Å². The van der Waals surface area contributed by atoms with E-state index in [-0.39, 0.29) is 23.6 Å². The Morgan fingerprint density at radius 3 is 2.25 bits per heavy atom. The predicted octanol–water partition coefficient (Wildman–Crippen LogP) is 3.88. The van der Waals surface area contributed by atoms with Crippen LogP contribution in [0.5, 0.6) is 0 Å². The molecular weight excluding hydrogens is 424 g/mol. The molecule has 32 heavy (non-hydrogen) atoms. The van der Waals surface area contributed by atoms with Crippen LogP contribution in [-0.2, 0) is 4.74 Å².